The largest absolute Gasteiger partial charge is 2.00 e. The molecule has 0 amide bonds. The van der Waals surface area contributed by atoms with Crippen LogP contribution in [0.2, 0.25) is 0 Å². The predicted octanol–water partition coefficient (Wildman–Crippen LogP) is 1.10. The zero-order valence-corrected chi connectivity index (χ0v) is 14.4. The van der Waals surface area contributed by atoms with Crippen LogP contribution in [0.15, 0.2) is 44.7 Å². The Morgan fingerprint density at radius 3 is 2.09 bits per heavy atom. The average molecular weight is 386 g/mol. The zero-order valence-electron chi connectivity index (χ0n) is 11.8. The third kappa shape index (κ3) is 8.53. The van der Waals surface area contributed by atoms with E-state index in [2.05, 4.69) is 31.0 Å². The number of nitrogens with zero attached hydrogens (tertiary/aromatic N) is 4. The molecule has 10 heteroatoms. The molecular weight excluding hydrogens is 372 g/mol. The van der Waals surface area contributed by atoms with Gasteiger partial charge in [0.1, 0.15) is 5.75 Å². The molecule has 22 heavy (non-hydrogen) atoms. The van der Waals surface area contributed by atoms with Crippen LogP contribution < -0.4 is 15.4 Å². The standard InChI is InChI=1S/C12H16N6OS2.Cu/c1-13-11(20)17-14-7-8-15-18-12(21)16-9-3-5-10(19-2)6-4-9;/h3-8H,1-2H3,(H2,13,17,20)(H2,16,18,21);/q;+2/p-2. The van der Waals surface area contributed by atoms with Crippen molar-refractivity contribution in [1.29, 1.82) is 0 Å². The fourth-order valence-electron chi connectivity index (χ4n) is 1.10. The molecule has 2 N–H and O–H groups in total. The van der Waals surface area contributed by atoms with Gasteiger partial charge in [-0.15, -0.1) is 0 Å². The van der Waals surface area contributed by atoms with Gasteiger partial charge in [-0.25, -0.2) is 0 Å². The van der Waals surface area contributed by atoms with Crippen LogP contribution in [0, 0.1) is 0 Å². The van der Waals surface area contributed by atoms with Gasteiger partial charge < -0.3 is 40.6 Å². The maximum absolute atomic E-state index is 5.06. The van der Waals surface area contributed by atoms with Crippen molar-refractivity contribution in [3.63, 3.8) is 0 Å². The van der Waals surface area contributed by atoms with Gasteiger partial charge >= 0.3 is 17.1 Å². The van der Waals surface area contributed by atoms with E-state index in [-0.39, 0.29) is 27.4 Å². The van der Waals surface area contributed by atoms with Gasteiger partial charge in [0.05, 0.1) is 19.5 Å². The van der Waals surface area contributed by atoms with Gasteiger partial charge in [-0.1, -0.05) is 0 Å². The van der Waals surface area contributed by atoms with E-state index in [9.17, 15) is 0 Å². The van der Waals surface area contributed by atoms with E-state index in [0.29, 0.717) is 0 Å². The summed E-state index contributed by atoms with van der Waals surface area (Å²) >= 11 is 9.78. The smallest absolute Gasteiger partial charge is 0.741 e. The van der Waals surface area contributed by atoms with Gasteiger partial charge in [0.2, 0.25) is 0 Å². The zero-order chi connectivity index (χ0) is 15.5. The first-order valence-electron chi connectivity index (χ1n) is 5.79. The van der Waals surface area contributed by atoms with Crippen LogP contribution >= 0.6 is 0 Å². The van der Waals surface area contributed by atoms with Crippen molar-refractivity contribution in [2.24, 2.45) is 20.4 Å². The summed E-state index contributed by atoms with van der Waals surface area (Å²) in [4.78, 5) is 0. The molecule has 0 atom stereocenters. The summed E-state index contributed by atoms with van der Waals surface area (Å²) in [5.74, 6) is 0.765. The molecule has 1 rings (SSSR count). The van der Waals surface area contributed by atoms with Crippen molar-refractivity contribution in [2.75, 3.05) is 19.5 Å². The summed E-state index contributed by atoms with van der Waals surface area (Å²) in [5, 5.41) is 20.9. The molecular formula is C12H14CuN6OS2. The molecule has 0 unspecified atom stereocenters. The van der Waals surface area contributed by atoms with Crippen molar-refractivity contribution in [2.45, 2.75) is 0 Å². The van der Waals surface area contributed by atoms with E-state index in [0.717, 1.165) is 11.4 Å². The predicted molar refractivity (Wildman–Crippen MR) is 92.3 cm³/mol. The molecule has 1 aromatic rings. The van der Waals surface area contributed by atoms with E-state index in [1.165, 1.54) is 12.4 Å². The number of anilines is 1. The van der Waals surface area contributed by atoms with Gasteiger partial charge in [-0.05, 0) is 29.4 Å². The summed E-state index contributed by atoms with van der Waals surface area (Å²) in [6.07, 6.45) is 2.70. The number of hydrogen-bond donors (Lipinski definition) is 2. The Labute approximate surface area is 150 Å². The quantitative estimate of drug-likeness (QED) is 0.261. The topological polar surface area (TPSA) is 82.7 Å². The molecule has 0 aliphatic rings. The minimum atomic E-state index is 0. The van der Waals surface area contributed by atoms with Crippen LogP contribution in [0.4, 0.5) is 5.69 Å². The number of amidine groups is 2. The summed E-state index contributed by atoms with van der Waals surface area (Å²) in [5.41, 5.74) is 0.794. The fourth-order valence-corrected chi connectivity index (χ4v) is 1.32. The molecule has 0 saturated heterocycles. The second-order valence-corrected chi connectivity index (χ2v) is 4.22. The van der Waals surface area contributed by atoms with E-state index < -0.39 is 0 Å². The van der Waals surface area contributed by atoms with E-state index in [1.54, 1.807) is 14.2 Å². The number of hydrogen-bond acceptors (Lipinski definition) is 7. The van der Waals surface area contributed by atoms with Crippen molar-refractivity contribution < 1.29 is 21.8 Å². The van der Waals surface area contributed by atoms with Gasteiger partial charge in [-0.3, -0.25) is 0 Å². The maximum Gasteiger partial charge on any atom is 2.00 e. The molecule has 0 aliphatic carbocycles. The van der Waals surface area contributed by atoms with Crippen LogP contribution in [0.3, 0.4) is 0 Å². The number of nitrogens with one attached hydrogen (secondary N) is 2. The Hall–Kier alpha value is -1.74. The van der Waals surface area contributed by atoms with E-state index >= 15 is 0 Å². The van der Waals surface area contributed by atoms with Gasteiger partial charge in [0.25, 0.3) is 0 Å². The summed E-state index contributed by atoms with van der Waals surface area (Å²) in [7, 11) is 3.27. The number of ether oxygens (including phenoxy) is 1. The number of methoxy groups -OCH3 is 1. The summed E-state index contributed by atoms with van der Waals surface area (Å²) in [6, 6.07) is 7.27. The van der Waals surface area contributed by atoms with Gasteiger partial charge in [-0.2, -0.15) is 20.4 Å². The second-order valence-electron chi connectivity index (χ2n) is 3.44. The minimum Gasteiger partial charge on any atom is -0.741 e. The van der Waals surface area contributed by atoms with Crippen LogP contribution in [0.5, 0.6) is 5.75 Å². The minimum absolute atomic E-state index is 0. The van der Waals surface area contributed by atoms with Crippen LogP contribution in [-0.2, 0) is 42.3 Å². The Morgan fingerprint density at radius 1 is 1.05 bits per heavy atom. The number of rotatable bonds is 5. The van der Waals surface area contributed by atoms with Crippen molar-refractivity contribution in [3.05, 3.63) is 24.3 Å². The third-order valence-corrected chi connectivity index (χ3v) is 2.52. The average Bonchev–Trinajstić information content (AvgIpc) is 2.51. The fraction of sp³-hybridized carbons (Fsp3) is 0.167. The van der Waals surface area contributed by atoms with Gasteiger partial charge in [0.15, 0.2) is 0 Å². The van der Waals surface area contributed by atoms with E-state index in [1.807, 2.05) is 24.3 Å². The van der Waals surface area contributed by atoms with Crippen LogP contribution in [-0.4, -0.2) is 36.9 Å². The molecule has 7 nitrogen and oxygen atoms in total. The first kappa shape index (κ1) is 20.3. The molecule has 0 aromatic heterocycles. The second kappa shape index (κ2) is 11.9. The SMILES string of the molecule is CNC([S-])=NN=CC=NN=C([S-])Nc1ccc(OC)cc1.[Cu+2]. The molecule has 121 valence electrons. The molecule has 0 spiro atoms. The maximum atomic E-state index is 5.06. The molecule has 0 bridgehead atoms. The summed E-state index contributed by atoms with van der Waals surface area (Å²) < 4.78 is 5.06. The molecule has 0 fully saturated rings. The molecule has 1 radical (unpaired) electrons. The third-order valence-electron chi connectivity index (χ3n) is 2.05. The Bertz CT molecular complexity index is 559. The van der Waals surface area contributed by atoms with Gasteiger partial charge in [0, 0.05) is 17.9 Å². The monoisotopic (exact) mass is 385 g/mol. The summed E-state index contributed by atoms with van der Waals surface area (Å²) in [6.45, 7) is 0. The molecule has 1 aromatic carbocycles. The van der Waals surface area contributed by atoms with E-state index in [4.69, 9.17) is 30.0 Å². The Kier molecular flexibility index (Phi) is 10.9. The van der Waals surface area contributed by atoms with Crippen molar-refractivity contribution in [3.8, 4) is 5.75 Å². The Balaban J connectivity index is 0.00000441. The number of benzene rings is 1. The molecule has 0 heterocycles. The van der Waals surface area contributed by atoms with Crippen molar-refractivity contribution >= 4 is 53.7 Å². The molecule has 0 aliphatic heterocycles. The van der Waals surface area contributed by atoms with Crippen molar-refractivity contribution in [1.82, 2.24) is 5.32 Å². The Morgan fingerprint density at radius 2 is 1.59 bits per heavy atom. The first-order chi connectivity index (χ1) is 10.2. The van der Waals surface area contributed by atoms with Crippen LogP contribution in [0.25, 0.3) is 0 Å². The van der Waals surface area contributed by atoms with Crippen LogP contribution in [0.1, 0.15) is 0 Å². The normalized spacial score (nSPS) is 12.3. The first-order valence-corrected chi connectivity index (χ1v) is 6.61. The molecule has 0 saturated carbocycles.